The normalized spacial score (nSPS) is 21.9. The molecule has 0 radical (unpaired) electrons. The summed E-state index contributed by atoms with van der Waals surface area (Å²) in [4.78, 5) is 10.5. The van der Waals surface area contributed by atoms with E-state index in [2.05, 4.69) is 0 Å². The number of benzene rings is 1. The minimum atomic E-state index is -4.44. The van der Waals surface area contributed by atoms with E-state index in [4.69, 9.17) is 14.6 Å². The number of ether oxygens (including phenoxy) is 2. The van der Waals surface area contributed by atoms with Gasteiger partial charge in [-0.1, -0.05) is 25.3 Å². The highest BCUT2D eigenvalue weighted by Crippen LogP contribution is 2.32. The molecule has 1 saturated heterocycles. The Labute approximate surface area is 179 Å². The van der Waals surface area contributed by atoms with Crippen molar-refractivity contribution in [1.29, 1.82) is 0 Å². The first kappa shape index (κ1) is 25.0. The van der Waals surface area contributed by atoms with Crippen molar-refractivity contribution in [3.05, 3.63) is 41.7 Å². The van der Waals surface area contributed by atoms with Gasteiger partial charge in [-0.3, -0.25) is 4.79 Å². The molecule has 1 aromatic carbocycles. The van der Waals surface area contributed by atoms with Gasteiger partial charge in [0.25, 0.3) is 0 Å². The number of hydrogen-bond donors (Lipinski definition) is 3. The number of aliphatic hydroxyl groups is 2. The van der Waals surface area contributed by atoms with Crippen molar-refractivity contribution in [2.24, 2.45) is 5.92 Å². The number of aliphatic hydroxyl groups excluding tert-OH is 2. The molecule has 6 nitrogen and oxygen atoms in total. The molecular weight excluding hydrogens is 417 g/mol. The molecule has 3 N–H and O–H groups in total. The summed E-state index contributed by atoms with van der Waals surface area (Å²) in [6.07, 6.45) is -0.0473. The Balaban J connectivity index is 1.78. The molecule has 31 heavy (non-hydrogen) atoms. The molecule has 0 spiro atoms. The van der Waals surface area contributed by atoms with Gasteiger partial charge in [0.1, 0.15) is 5.75 Å². The van der Waals surface area contributed by atoms with Crippen molar-refractivity contribution in [3.8, 4) is 5.75 Å². The molecule has 0 bridgehead atoms. The Kier molecular flexibility index (Phi) is 9.64. The highest BCUT2D eigenvalue weighted by molar-refractivity contribution is 5.66. The van der Waals surface area contributed by atoms with E-state index >= 15 is 0 Å². The van der Waals surface area contributed by atoms with Crippen molar-refractivity contribution in [2.45, 2.75) is 63.3 Å². The van der Waals surface area contributed by atoms with E-state index in [-0.39, 0.29) is 43.7 Å². The third kappa shape index (κ3) is 8.41. The van der Waals surface area contributed by atoms with Gasteiger partial charge >= 0.3 is 12.1 Å². The van der Waals surface area contributed by atoms with Crippen LogP contribution in [0.2, 0.25) is 0 Å². The number of hydrogen-bond acceptors (Lipinski definition) is 5. The standard InChI is InChI=1S/C22H29F3O6/c23-22(24,25)15-7-5-8-16(13-15)30-12-6-9-17(26)21-18(27)14-31-19(21)10-3-1-2-4-11-20(28)29/h5,7-9,13,18-19,21,26-27H,1-4,6,10-12,14H2,(H,28,29)/b17-9+/t18-,19-,21-/m0/s1. The fourth-order valence-corrected chi connectivity index (χ4v) is 3.58. The van der Waals surface area contributed by atoms with Crippen LogP contribution in [0.15, 0.2) is 36.1 Å². The number of carbonyl (C=O) groups is 1. The van der Waals surface area contributed by atoms with Gasteiger partial charge in [-0.2, -0.15) is 13.2 Å². The van der Waals surface area contributed by atoms with Gasteiger partial charge in [-0.05, 0) is 37.1 Å². The van der Waals surface area contributed by atoms with Crippen LogP contribution in [0.3, 0.4) is 0 Å². The quantitative estimate of drug-likeness (QED) is 0.318. The summed E-state index contributed by atoms with van der Waals surface area (Å²) in [5, 5.41) is 29.2. The minimum Gasteiger partial charge on any atom is -0.512 e. The van der Waals surface area contributed by atoms with Crippen LogP contribution in [0.1, 0.15) is 50.5 Å². The predicted molar refractivity (Wildman–Crippen MR) is 107 cm³/mol. The number of alkyl halides is 3. The van der Waals surface area contributed by atoms with Crippen LogP contribution < -0.4 is 4.74 Å². The molecule has 1 aliphatic heterocycles. The number of carboxylic acids is 1. The van der Waals surface area contributed by atoms with Gasteiger partial charge in [0, 0.05) is 12.8 Å². The zero-order chi connectivity index (χ0) is 22.9. The van der Waals surface area contributed by atoms with Gasteiger partial charge < -0.3 is 24.8 Å². The van der Waals surface area contributed by atoms with Crippen molar-refractivity contribution in [1.82, 2.24) is 0 Å². The van der Waals surface area contributed by atoms with Gasteiger partial charge in [0.2, 0.25) is 0 Å². The molecule has 9 heteroatoms. The first-order chi connectivity index (χ1) is 14.7. The molecule has 2 rings (SSSR count). The topological polar surface area (TPSA) is 96.2 Å². The fraction of sp³-hybridized carbons (Fsp3) is 0.591. The van der Waals surface area contributed by atoms with Gasteiger partial charge in [-0.25, -0.2) is 0 Å². The first-order valence-corrected chi connectivity index (χ1v) is 10.4. The second kappa shape index (κ2) is 12.0. The SMILES string of the molecule is O=C(O)CCCCCC[C@@H]1OC[C@H](O)[C@@H]1/C(O)=C\CCOc1cccc(C(F)(F)F)c1. The lowest BCUT2D eigenvalue weighted by molar-refractivity contribution is -0.138. The van der Waals surface area contributed by atoms with Crippen LogP contribution in [-0.2, 0) is 15.7 Å². The van der Waals surface area contributed by atoms with E-state index in [1.807, 2.05) is 0 Å². The Morgan fingerprint density at radius 3 is 2.65 bits per heavy atom. The molecule has 0 saturated carbocycles. The highest BCUT2D eigenvalue weighted by Gasteiger charge is 2.38. The summed E-state index contributed by atoms with van der Waals surface area (Å²) in [5.74, 6) is -1.30. The molecule has 0 amide bonds. The average molecular weight is 446 g/mol. The van der Waals surface area contributed by atoms with E-state index in [0.717, 1.165) is 31.4 Å². The molecule has 1 heterocycles. The molecule has 0 aliphatic carbocycles. The van der Waals surface area contributed by atoms with E-state index < -0.39 is 29.7 Å². The number of aliphatic carboxylic acids is 1. The van der Waals surface area contributed by atoms with Crippen LogP contribution in [0, 0.1) is 5.92 Å². The number of carboxylic acid groups (broad SMARTS) is 1. The van der Waals surface area contributed by atoms with Crippen LogP contribution in [0.25, 0.3) is 0 Å². The summed E-state index contributed by atoms with van der Waals surface area (Å²) in [6.45, 7) is 0.191. The largest absolute Gasteiger partial charge is 0.512 e. The maximum Gasteiger partial charge on any atom is 0.416 e. The van der Waals surface area contributed by atoms with E-state index in [1.165, 1.54) is 18.2 Å². The van der Waals surface area contributed by atoms with E-state index in [0.29, 0.717) is 12.8 Å². The van der Waals surface area contributed by atoms with Crippen molar-refractivity contribution in [3.63, 3.8) is 0 Å². The van der Waals surface area contributed by atoms with Crippen molar-refractivity contribution < 1.29 is 42.8 Å². The van der Waals surface area contributed by atoms with Crippen LogP contribution >= 0.6 is 0 Å². The summed E-state index contributed by atoms with van der Waals surface area (Å²) in [6, 6.07) is 4.58. The number of halogens is 3. The lowest BCUT2D eigenvalue weighted by atomic mass is 9.92. The summed E-state index contributed by atoms with van der Waals surface area (Å²) in [5.41, 5.74) is -0.791. The second-order valence-corrected chi connectivity index (χ2v) is 7.60. The first-order valence-electron chi connectivity index (χ1n) is 10.4. The lowest BCUT2D eigenvalue weighted by Crippen LogP contribution is -2.26. The minimum absolute atomic E-state index is 0.0199. The molecule has 174 valence electrons. The van der Waals surface area contributed by atoms with E-state index in [9.17, 15) is 28.2 Å². The summed E-state index contributed by atoms with van der Waals surface area (Å²) >= 11 is 0. The van der Waals surface area contributed by atoms with E-state index in [1.54, 1.807) is 0 Å². The second-order valence-electron chi connectivity index (χ2n) is 7.60. The van der Waals surface area contributed by atoms with Gasteiger partial charge in [0.05, 0.1) is 42.7 Å². The zero-order valence-electron chi connectivity index (χ0n) is 17.2. The maximum absolute atomic E-state index is 12.7. The van der Waals surface area contributed by atoms with Crippen molar-refractivity contribution >= 4 is 5.97 Å². The van der Waals surface area contributed by atoms with Crippen LogP contribution in [-0.4, -0.2) is 46.7 Å². The van der Waals surface area contributed by atoms with Crippen LogP contribution in [0.4, 0.5) is 13.2 Å². The summed E-state index contributed by atoms with van der Waals surface area (Å²) < 4.78 is 49.1. The van der Waals surface area contributed by atoms with Crippen LogP contribution in [0.5, 0.6) is 5.75 Å². The lowest BCUT2D eigenvalue weighted by Gasteiger charge is -2.20. The number of unbranched alkanes of at least 4 members (excludes halogenated alkanes) is 3. The Morgan fingerprint density at radius 1 is 1.19 bits per heavy atom. The fourth-order valence-electron chi connectivity index (χ4n) is 3.58. The zero-order valence-corrected chi connectivity index (χ0v) is 17.2. The molecule has 1 fully saturated rings. The van der Waals surface area contributed by atoms with Crippen molar-refractivity contribution in [2.75, 3.05) is 13.2 Å². The molecular formula is C22H29F3O6. The number of rotatable bonds is 12. The third-order valence-corrected chi connectivity index (χ3v) is 5.17. The molecule has 1 aromatic rings. The monoisotopic (exact) mass is 446 g/mol. The molecule has 0 unspecified atom stereocenters. The molecule has 0 aromatic heterocycles. The Bertz CT molecular complexity index is 734. The smallest absolute Gasteiger partial charge is 0.416 e. The third-order valence-electron chi connectivity index (χ3n) is 5.17. The Morgan fingerprint density at radius 2 is 1.94 bits per heavy atom. The predicted octanol–water partition coefficient (Wildman–Crippen LogP) is 4.72. The highest BCUT2D eigenvalue weighted by atomic mass is 19.4. The summed E-state index contributed by atoms with van der Waals surface area (Å²) in [7, 11) is 0. The maximum atomic E-state index is 12.7. The molecule has 3 atom stereocenters. The molecule has 1 aliphatic rings. The Hall–Kier alpha value is -2.26. The van der Waals surface area contributed by atoms with Gasteiger partial charge in [-0.15, -0.1) is 0 Å². The van der Waals surface area contributed by atoms with Gasteiger partial charge in [0.15, 0.2) is 0 Å². The average Bonchev–Trinajstić information content (AvgIpc) is 3.07.